The molecule has 1 saturated heterocycles. The van der Waals surface area contributed by atoms with Gasteiger partial charge in [0.15, 0.2) is 5.65 Å². The minimum Gasteiger partial charge on any atom is -0.367 e. The van der Waals surface area contributed by atoms with Gasteiger partial charge in [-0.05, 0) is 39.0 Å². The van der Waals surface area contributed by atoms with Crippen molar-refractivity contribution in [3.05, 3.63) is 59.8 Å². The van der Waals surface area contributed by atoms with Crippen molar-refractivity contribution in [2.45, 2.75) is 32.9 Å². The number of hydrogen-bond donors (Lipinski definition) is 2. The summed E-state index contributed by atoms with van der Waals surface area (Å²) in [7, 11) is 0. The van der Waals surface area contributed by atoms with Crippen molar-refractivity contribution in [3.8, 4) is 6.07 Å². The van der Waals surface area contributed by atoms with Crippen LogP contribution in [-0.2, 0) is 0 Å². The highest BCUT2D eigenvalue weighted by Gasteiger charge is 2.24. The summed E-state index contributed by atoms with van der Waals surface area (Å²) in [5, 5.41) is 16.0. The van der Waals surface area contributed by atoms with Crippen molar-refractivity contribution >= 4 is 34.0 Å². The van der Waals surface area contributed by atoms with E-state index in [2.05, 4.69) is 50.4 Å². The second kappa shape index (κ2) is 8.15. The van der Waals surface area contributed by atoms with Crippen LogP contribution < -0.4 is 15.5 Å². The van der Waals surface area contributed by atoms with Gasteiger partial charge in [0, 0.05) is 50.0 Å². The zero-order valence-corrected chi connectivity index (χ0v) is 18.7. The smallest absolute Gasteiger partial charge is 0.257 e. The zero-order valence-electron chi connectivity index (χ0n) is 18.7. The number of amides is 1. The number of nitrogens with zero attached hydrogens (tertiary/aromatic N) is 6. The highest BCUT2D eigenvalue weighted by atomic mass is 16.1. The number of benzene rings is 1. The number of piperazine rings is 1. The largest absolute Gasteiger partial charge is 0.367 e. The first-order valence-electron chi connectivity index (χ1n) is 10.9. The molecule has 0 unspecified atom stereocenters. The number of carbonyl (C=O) groups is 1. The SMILES string of the molecule is Cc1cn2cc(NC(=O)c3ccc(N4C[C@@H](C)N[C@H](C)C4)c4nccnc34)cc(C#N)c2n1. The Bertz CT molecular complexity index is 1410. The first kappa shape index (κ1) is 20.8. The van der Waals surface area contributed by atoms with Gasteiger partial charge >= 0.3 is 0 Å². The van der Waals surface area contributed by atoms with E-state index in [1.165, 1.54) is 0 Å². The van der Waals surface area contributed by atoms with Crippen LogP contribution in [0.4, 0.5) is 11.4 Å². The van der Waals surface area contributed by atoms with Crippen molar-refractivity contribution in [2.24, 2.45) is 0 Å². The van der Waals surface area contributed by atoms with E-state index in [1.807, 2.05) is 19.2 Å². The van der Waals surface area contributed by atoms with Gasteiger partial charge < -0.3 is 19.9 Å². The van der Waals surface area contributed by atoms with Gasteiger partial charge in [-0.1, -0.05) is 0 Å². The highest BCUT2D eigenvalue weighted by Crippen LogP contribution is 2.29. The van der Waals surface area contributed by atoms with Crippen molar-refractivity contribution in [1.82, 2.24) is 24.7 Å². The Hall–Kier alpha value is -4.03. The summed E-state index contributed by atoms with van der Waals surface area (Å²) < 4.78 is 1.75. The molecule has 2 atom stereocenters. The van der Waals surface area contributed by atoms with Gasteiger partial charge in [-0.15, -0.1) is 0 Å². The molecule has 2 N–H and O–H groups in total. The van der Waals surface area contributed by atoms with Gasteiger partial charge in [0.1, 0.15) is 17.1 Å². The van der Waals surface area contributed by atoms with Crippen LogP contribution in [0.25, 0.3) is 16.7 Å². The molecular weight excluding hydrogens is 416 g/mol. The van der Waals surface area contributed by atoms with Crippen molar-refractivity contribution in [1.29, 1.82) is 5.26 Å². The summed E-state index contributed by atoms with van der Waals surface area (Å²) in [5.41, 5.74) is 4.90. The van der Waals surface area contributed by atoms with E-state index < -0.39 is 0 Å². The molecule has 0 bridgehead atoms. The van der Waals surface area contributed by atoms with Gasteiger partial charge in [0.2, 0.25) is 0 Å². The Morgan fingerprint density at radius 3 is 2.61 bits per heavy atom. The van der Waals surface area contributed by atoms with Crippen LogP contribution in [0.5, 0.6) is 0 Å². The number of pyridine rings is 1. The summed E-state index contributed by atoms with van der Waals surface area (Å²) in [6.45, 7) is 7.88. The fourth-order valence-electron chi connectivity index (χ4n) is 4.57. The average molecular weight is 441 g/mol. The molecule has 33 heavy (non-hydrogen) atoms. The van der Waals surface area contributed by atoms with E-state index in [4.69, 9.17) is 0 Å². The maximum Gasteiger partial charge on any atom is 0.257 e. The second-order valence-electron chi connectivity index (χ2n) is 8.58. The molecule has 5 rings (SSSR count). The fraction of sp³-hybridized carbons (Fsp3) is 0.292. The molecule has 1 aliphatic rings. The second-order valence-corrected chi connectivity index (χ2v) is 8.58. The summed E-state index contributed by atoms with van der Waals surface area (Å²) in [6, 6.07) is 8.21. The van der Waals surface area contributed by atoms with Gasteiger partial charge in [-0.3, -0.25) is 14.8 Å². The Morgan fingerprint density at radius 1 is 1.15 bits per heavy atom. The lowest BCUT2D eigenvalue weighted by Gasteiger charge is -2.38. The topological polar surface area (TPSA) is 111 Å². The predicted molar refractivity (Wildman–Crippen MR) is 126 cm³/mol. The van der Waals surface area contributed by atoms with E-state index in [1.54, 1.807) is 35.1 Å². The number of aromatic nitrogens is 4. The average Bonchev–Trinajstić information content (AvgIpc) is 3.17. The molecule has 0 aliphatic carbocycles. The van der Waals surface area contributed by atoms with E-state index in [0.717, 1.165) is 24.5 Å². The lowest BCUT2D eigenvalue weighted by atomic mass is 10.1. The molecule has 0 radical (unpaired) electrons. The van der Waals surface area contributed by atoms with Crippen molar-refractivity contribution in [3.63, 3.8) is 0 Å². The van der Waals surface area contributed by atoms with E-state index >= 15 is 0 Å². The lowest BCUT2D eigenvalue weighted by Crippen LogP contribution is -2.54. The number of imidazole rings is 1. The Balaban J connectivity index is 1.51. The van der Waals surface area contributed by atoms with Crippen molar-refractivity contribution in [2.75, 3.05) is 23.3 Å². The molecule has 1 aliphatic heterocycles. The van der Waals surface area contributed by atoms with E-state index in [0.29, 0.717) is 45.6 Å². The third-order valence-electron chi connectivity index (χ3n) is 5.80. The Labute approximate surface area is 191 Å². The maximum atomic E-state index is 13.3. The van der Waals surface area contributed by atoms with Crippen LogP contribution in [0.3, 0.4) is 0 Å². The van der Waals surface area contributed by atoms with Crippen LogP contribution in [0.15, 0.2) is 43.0 Å². The molecule has 0 saturated carbocycles. The van der Waals surface area contributed by atoms with Crippen molar-refractivity contribution < 1.29 is 4.79 Å². The number of anilines is 2. The number of hydrogen-bond acceptors (Lipinski definition) is 7. The number of nitrogens with one attached hydrogen (secondary N) is 2. The maximum absolute atomic E-state index is 13.3. The summed E-state index contributed by atoms with van der Waals surface area (Å²) >= 11 is 0. The normalized spacial score (nSPS) is 18.4. The number of carbonyl (C=O) groups excluding carboxylic acids is 1. The Morgan fingerprint density at radius 2 is 1.88 bits per heavy atom. The first-order chi connectivity index (χ1) is 15.9. The third kappa shape index (κ3) is 3.85. The minimum absolute atomic E-state index is 0.311. The molecule has 9 heteroatoms. The monoisotopic (exact) mass is 440 g/mol. The molecular formula is C24H24N8O. The zero-order chi connectivity index (χ0) is 23.1. The molecule has 1 aromatic carbocycles. The molecule has 4 aromatic rings. The van der Waals surface area contributed by atoms with E-state index in [9.17, 15) is 10.1 Å². The minimum atomic E-state index is -0.311. The number of fused-ring (bicyclic) bond motifs is 2. The van der Waals surface area contributed by atoms with Gasteiger partial charge in [-0.25, -0.2) is 4.98 Å². The van der Waals surface area contributed by atoms with Crippen LogP contribution in [0, 0.1) is 18.3 Å². The Kier molecular flexibility index (Phi) is 5.15. The molecule has 1 fully saturated rings. The third-order valence-corrected chi connectivity index (χ3v) is 5.80. The van der Waals surface area contributed by atoms with Gasteiger partial charge in [0.05, 0.1) is 28.2 Å². The predicted octanol–water partition coefficient (Wildman–Crippen LogP) is 2.90. The van der Waals surface area contributed by atoms with E-state index in [-0.39, 0.29) is 5.91 Å². The molecule has 9 nitrogen and oxygen atoms in total. The number of rotatable bonds is 3. The van der Waals surface area contributed by atoms with Crippen LogP contribution in [0.1, 0.15) is 35.5 Å². The standard InChI is InChI=1S/C24H24N8O/c1-14-10-31(11-15(2)28-14)20-5-4-19(21-22(20)27-7-6-26-21)24(33)30-18-8-17(9-25)23-29-16(3)12-32(23)13-18/h4-8,12-15,28H,10-11H2,1-3H3,(H,30,33)/t14-,15-/m1/s1. The van der Waals surface area contributed by atoms with Crippen LogP contribution in [-0.4, -0.2) is 50.4 Å². The molecule has 1 amide bonds. The molecule has 4 heterocycles. The molecule has 166 valence electrons. The number of nitriles is 1. The summed E-state index contributed by atoms with van der Waals surface area (Å²) in [5.74, 6) is -0.311. The van der Waals surface area contributed by atoms with Crippen LogP contribution in [0.2, 0.25) is 0 Å². The quantitative estimate of drug-likeness (QED) is 0.504. The highest BCUT2D eigenvalue weighted by molar-refractivity contribution is 6.13. The van der Waals surface area contributed by atoms with Crippen LogP contribution >= 0.6 is 0 Å². The van der Waals surface area contributed by atoms with Gasteiger partial charge in [0.25, 0.3) is 5.91 Å². The first-order valence-corrected chi connectivity index (χ1v) is 10.9. The van der Waals surface area contributed by atoms with Gasteiger partial charge in [-0.2, -0.15) is 5.26 Å². The fourth-order valence-corrected chi connectivity index (χ4v) is 4.57. The lowest BCUT2D eigenvalue weighted by molar-refractivity contribution is 0.102. The molecule has 3 aromatic heterocycles. The molecule has 0 spiro atoms. The number of aryl methyl sites for hydroxylation is 1. The summed E-state index contributed by atoms with van der Waals surface area (Å²) in [4.78, 5) is 29.0. The summed E-state index contributed by atoms with van der Waals surface area (Å²) in [6.07, 6.45) is 6.81.